The third kappa shape index (κ3) is 10.4. The molecule has 3 amide bonds. The molecule has 1 aromatic rings. The zero-order valence-corrected chi connectivity index (χ0v) is 16.2. The van der Waals surface area contributed by atoms with Crippen molar-refractivity contribution in [3.05, 3.63) is 0 Å². The molecular weight excluding hydrogens is 394 g/mol. The van der Waals surface area contributed by atoms with Gasteiger partial charge in [-0.15, -0.1) is 0 Å². The second-order valence-corrected chi connectivity index (χ2v) is 6.10. The molecule has 0 aromatic carbocycles. The first-order chi connectivity index (χ1) is 14.2. The van der Waals surface area contributed by atoms with Gasteiger partial charge in [0.2, 0.25) is 35.6 Å². The van der Waals surface area contributed by atoms with E-state index in [1.807, 2.05) is 0 Å². The summed E-state index contributed by atoms with van der Waals surface area (Å²) in [6.07, 6.45) is 1.99. The van der Waals surface area contributed by atoms with Gasteiger partial charge in [0.25, 0.3) is 0 Å². The Morgan fingerprint density at radius 2 is 1.17 bits per heavy atom. The second-order valence-electron chi connectivity index (χ2n) is 6.10. The molecule has 0 atom stereocenters. The molecule has 0 fully saturated rings. The Morgan fingerprint density at radius 3 is 1.60 bits per heavy atom. The summed E-state index contributed by atoms with van der Waals surface area (Å²) in [5.74, 6) is -2.21. The van der Waals surface area contributed by atoms with Crippen LogP contribution in [0, 0.1) is 16.2 Å². The Labute approximate surface area is 172 Å². The number of amidine groups is 2. The van der Waals surface area contributed by atoms with Crippen LogP contribution < -0.4 is 27.4 Å². The van der Waals surface area contributed by atoms with Crippen LogP contribution in [0.5, 0.6) is 0 Å². The van der Waals surface area contributed by atoms with Crippen LogP contribution in [0.25, 0.3) is 0 Å². The lowest BCUT2D eigenvalue weighted by Gasteiger charge is -2.10. The normalized spacial score (nSPS) is 10.0. The van der Waals surface area contributed by atoms with Gasteiger partial charge >= 0.3 is 0 Å². The van der Waals surface area contributed by atoms with Gasteiger partial charge in [-0.1, -0.05) is 0 Å². The highest BCUT2D eigenvalue weighted by Crippen LogP contribution is 2.11. The highest BCUT2D eigenvalue weighted by molar-refractivity contribution is 5.94. The maximum Gasteiger partial charge on any atom is 0.236 e. The minimum atomic E-state index is -0.517. The molecule has 0 aliphatic rings. The Kier molecular flexibility index (Phi) is 10.0. The molecule has 0 aliphatic carbocycles. The minimum Gasteiger partial charge on any atom is -0.388 e. The van der Waals surface area contributed by atoms with E-state index in [4.69, 9.17) is 27.7 Å². The van der Waals surface area contributed by atoms with Crippen molar-refractivity contribution < 1.29 is 14.4 Å². The average molecular weight is 419 g/mol. The zero-order chi connectivity index (χ0) is 22.5. The van der Waals surface area contributed by atoms with E-state index in [1.165, 1.54) is 0 Å². The molecule has 0 unspecified atom stereocenters. The van der Waals surface area contributed by atoms with Crippen LogP contribution in [0.4, 0.5) is 17.8 Å². The van der Waals surface area contributed by atoms with Crippen LogP contribution in [0.1, 0.15) is 44.9 Å². The van der Waals surface area contributed by atoms with Crippen molar-refractivity contribution >= 4 is 53.5 Å². The molecule has 162 valence electrons. The van der Waals surface area contributed by atoms with Crippen molar-refractivity contribution in [2.45, 2.75) is 44.9 Å². The number of hydrogen-bond acceptors (Lipinski definition) is 9. The minimum absolute atomic E-state index is 0.0300. The summed E-state index contributed by atoms with van der Waals surface area (Å²) in [6, 6.07) is 0. The van der Waals surface area contributed by atoms with E-state index in [-0.39, 0.29) is 68.0 Å². The van der Waals surface area contributed by atoms with Crippen LogP contribution in [0.2, 0.25) is 0 Å². The molecule has 0 spiro atoms. The Bertz CT molecular complexity index is 825. The van der Waals surface area contributed by atoms with Crippen LogP contribution in [0.15, 0.2) is 0 Å². The Balaban J connectivity index is 2.91. The van der Waals surface area contributed by atoms with E-state index >= 15 is 0 Å². The first-order valence-electron chi connectivity index (χ1n) is 9.00. The van der Waals surface area contributed by atoms with Crippen molar-refractivity contribution in [3.63, 3.8) is 0 Å². The summed E-state index contributed by atoms with van der Waals surface area (Å²) in [6.45, 7) is 0. The van der Waals surface area contributed by atoms with Crippen LogP contribution in [0.3, 0.4) is 0 Å². The Morgan fingerprint density at radius 1 is 0.733 bits per heavy atom. The van der Waals surface area contributed by atoms with Crippen molar-refractivity contribution in [2.24, 2.45) is 11.5 Å². The summed E-state index contributed by atoms with van der Waals surface area (Å²) >= 11 is 0. The van der Waals surface area contributed by atoms with E-state index in [0.717, 1.165) is 6.21 Å². The molecule has 1 aromatic heterocycles. The number of hydrogen-bond donors (Lipinski definition) is 8. The topological polar surface area (TPSA) is 250 Å². The third-order valence-electron chi connectivity index (χ3n) is 3.38. The van der Waals surface area contributed by atoms with Crippen molar-refractivity contribution in [1.29, 1.82) is 16.2 Å². The quantitative estimate of drug-likeness (QED) is 0.158. The van der Waals surface area contributed by atoms with Gasteiger partial charge in [0, 0.05) is 32.1 Å². The van der Waals surface area contributed by atoms with Crippen molar-refractivity contribution in [1.82, 2.24) is 15.0 Å². The first kappa shape index (κ1) is 24.1. The molecule has 0 saturated heterocycles. The lowest BCUT2D eigenvalue weighted by atomic mass is 10.2. The number of aromatic nitrogens is 3. The second kappa shape index (κ2) is 12.5. The number of anilines is 3. The molecular formula is C16H25N11O3. The van der Waals surface area contributed by atoms with Gasteiger partial charge in [-0.2, -0.15) is 15.0 Å². The standard InChI is InChI=1S/C16H25N11O3/c17-8-2-5-12(29)23-15-25-14(22-11(28)4-1-3-9(18)19)26-16(27-15)24-13(30)7-6-10(20)21/h8,17H,1-7H2,(H3,18,19)(H3,20,21)(H3,22,23,24,25,26,27,28,29,30). The van der Waals surface area contributed by atoms with Gasteiger partial charge < -0.3 is 16.9 Å². The molecule has 10 N–H and O–H groups in total. The van der Waals surface area contributed by atoms with Crippen molar-refractivity contribution in [3.8, 4) is 0 Å². The predicted octanol–water partition coefficient (Wildman–Crippen LogP) is -0.0607. The number of carbonyl (C=O) groups is 3. The molecule has 0 saturated carbocycles. The van der Waals surface area contributed by atoms with E-state index in [9.17, 15) is 14.4 Å². The first-order valence-corrected chi connectivity index (χ1v) is 9.00. The van der Waals surface area contributed by atoms with Gasteiger partial charge in [0.1, 0.15) is 0 Å². The number of rotatable bonds is 13. The van der Waals surface area contributed by atoms with Crippen LogP contribution in [-0.4, -0.2) is 50.6 Å². The summed E-state index contributed by atoms with van der Waals surface area (Å²) in [5.41, 5.74) is 10.5. The number of nitrogens with two attached hydrogens (primary N) is 2. The summed E-state index contributed by atoms with van der Waals surface area (Å²) in [4.78, 5) is 47.6. The van der Waals surface area contributed by atoms with E-state index < -0.39 is 17.7 Å². The molecule has 14 heteroatoms. The number of nitrogens with zero attached hydrogens (tertiary/aromatic N) is 3. The summed E-state index contributed by atoms with van der Waals surface area (Å²) in [7, 11) is 0. The molecule has 0 aliphatic heterocycles. The lowest BCUT2D eigenvalue weighted by Crippen LogP contribution is -2.22. The fourth-order valence-corrected chi connectivity index (χ4v) is 2.00. The fourth-order valence-electron chi connectivity index (χ4n) is 2.00. The smallest absolute Gasteiger partial charge is 0.236 e. The monoisotopic (exact) mass is 419 g/mol. The van der Waals surface area contributed by atoms with E-state index in [1.54, 1.807) is 0 Å². The van der Waals surface area contributed by atoms with Gasteiger partial charge in [0.05, 0.1) is 11.7 Å². The maximum absolute atomic E-state index is 12.0. The van der Waals surface area contributed by atoms with Crippen LogP contribution >= 0.6 is 0 Å². The number of carbonyl (C=O) groups excluding carboxylic acids is 3. The lowest BCUT2D eigenvalue weighted by molar-refractivity contribution is -0.117. The molecule has 0 radical (unpaired) electrons. The molecule has 14 nitrogen and oxygen atoms in total. The maximum atomic E-state index is 12.0. The molecule has 30 heavy (non-hydrogen) atoms. The van der Waals surface area contributed by atoms with Gasteiger partial charge in [-0.05, 0) is 19.1 Å². The molecule has 0 bridgehead atoms. The van der Waals surface area contributed by atoms with Crippen molar-refractivity contribution in [2.75, 3.05) is 16.0 Å². The largest absolute Gasteiger partial charge is 0.388 e. The number of amides is 3. The van der Waals surface area contributed by atoms with Gasteiger partial charge in [-0.25, -0.2) is 0 Å². The summed E-state index contributed by atoms with van der Waals surface area (Å²) < 4.78 is 0. The average Bonchev–Trinajstić information content (AvgIpc) is 2.64. The third-order valence-corrected chi connectivity index (χ3v) is 3.38. The molecule has 1 heterocycles. The fraction of sp³-hybridized carbons (Fsp3) is 0.438. The highest BCUT2D eigenvalue weighted by atomic mass is 16.2. The summed E-state index contributed by atoms with van der Waals surface area (Å²) in [5, 5.41) is 28.5. The van der Waals surface area contributed by atoms with E-state index in [0.29, 0.717) is 6.42 Å². The predicted molar refractivity (Wildman–Crippen MR) is 111 cm³/mol. The SMILES string of the molecule is N=CCCC(=O)Nc1nc(NC(=O)CCCC(=N)N)nc(NC(=O)CCC(=N)N)n1. The van der Waals surface area contributed by atoms with E-state index in [2.05, 4.69) is 30.9 Å². The highest BCUT2D eigenvalue weighted by Gasteiger charge is 2.14. The number of nitrogens with one attached hydrogen (secondary N) is 6. The Hall–Kier alpha value is -3.97. The molecule has 1 rings (SSSR count). The van der Waals surface area contributed by atoms with Gasteiger partial charge in [-0.3, -0.25) is 41.2 Å². The van der Waals surface area contributed by atoms with Gasteiger partial charge in [0.15, 0.2) is 0 Å². The van der Waals surface area contributed by atoms with Crippen LogP contribution in [-0.2, 0) is 14.4 Å². The zero-order valence-electron chi connectivity index (χ0n) is 16.2.